The van der Waals surface area contributed by atoms with Crippen LogP contribution in [0.3, 0.4) is 0 Å². The quantitative estimate of drug-likeness (QED) is 0.313. The zero-order valence-electron chi connectivity index (χ0n) is 18.5. The SMILES string of the molecule is CCOC(=O)CN1C(=S)NC(c2ccccn2)C1c1ccc(-c2cc(C(=O)O)cc(C(=O)O)c2)o1. The predicted molar refractivity (Wildman–Crippen MR) is 127 cm³/mol. The molecule has 2 unspecified atom stereocenters. The topological polar surface area (TPSA) is 142 Å². The van der Waals surface area contributed by atoms with Gasteiger partial charge in [0.05, 0.1) is 29.5 Å². The van der Waals surface area contributed by atoms with Crippen molar-refractivity contribution in [3.8, 4) is 11.3 Å². The predicted octanol–water partition coefficient (Wildman–Crippen LogP) is 3.27. The molecule has 0 bridgehead atoms. The minimum atomic E-state index is -1.26. The van der Waals surface area contributed by atoms with Crippen molar-refractivity contribution in [3.63, 3.8) is 0 Å². The van der Waals surface area contributed by atoms with Gasteiger partial charge >= 0.3 is 17.9 Å². The van der Waals surface area contributed by atoms with Crippen molar-refractivity contribution >= 4 is 35.2 Å². The van der Waals surface area contributed by atoms with Gasteiger partial charge in [-0.05, 0) is 61.6 Å². The van der Waals surface area contributed by atoms with Gasteiger partial charge in [0, 0.05) is 11.8 Å². The highest BCUT2D eigenvalue weighted by Gasteiger charge is 2.42. The van der Waals surface area contributed by atoms with E-state index in [9.17, 15) is 24.6 Å². The van der Waals surface area contributed by atoms with E-state index < -0.39 is 30.0 Å². The first-order chi connectivity index (χ1) is 16.8. The molecular weight excluding hydrogens is 474 g/mol. The number of nitrogens with one attached hydrogen (secondary N) is 1. The summed E-state index contributed by atoms with van der Waals surface area (Å²) in [5.74, 6) is -2.30. The van der Waals surface area contributed by atoms with Crippen LogP contribution in [0, 0.1) is 0 Å². The highest BCUT2D eigenvalue weighted by molar-refractivity contribution is 7.80. The molecule has 3 aromatic rings. The minimum Gasteiger partial charge on any atom is -0.478 e. The maximum absolute atomic E-state index is 12.3. The van der Waals surface area contributed by atoms with Crippen LogP contribution in [0.5, 0.6) is 0 Å². The second-order valence-electron chi connectivity index (χ2n) is 7.67. The van der Waals surface area contributed by atoms with E-state index >= 15 is 0 Å². The van der Waals surface area contributed by atoms with E-state index in [0.29, 0.717) is 16.6 Å². The van der Waals surface area contributed by atoms with Gasteiger partial charge in [0.25, 0.3) is 0 Å². The molecule has 0 saturated carbocycles. The Bertz CT molecular complexity index is 1260. The van der Waals surface area contributed by atoms with Crippen molar-refractivity contribution in [3.05, 3.63) is 77.3 Å². The molecule has 0 aliphatic carbocycles. The number of hydrogen-bond acceptors (Lipinski definition) is 7. The van der Waals surface area contributed by atoms with E-state index in [-0.39, 0.29) is 35.6 Å². The fourth-order valence-electron chi connectivity index (χ4n) is 3.91. The monoisotopic (exact) mass is 495 g/mol. The number of aromatic carboxylic acids is 2. The average Bonchev–Trinajstić information content (AvgIpc) is 3.44. The van der Waals surface area contributed by atoms with Crippen molar-refractivity contribution in [2.45, 2.75) is 19.0 Å². The number of furan rings is 1. The van der Waals surface area contributed by atoms with Crippen LogP contribution in [0.1, 0.15) is 51.2 Å². The number of nitrogens with zero attached hydrogens (tertiary/aromatic N) is 2. The summed E-state index contributed by atoms with van der Waals surface area (Å²) < 4.78 is 11.2. The molecule has 1 aliphatic rings. The summed E-state index contributed by atoms with van der Waals surface area (Å²) in [5.41, 5.74) is 0.590. The first-order valence-electron chi connectivity index (χ1n) is 10.6. The summed E-state index contributed by atoms with van der Waals surface area (Å²) in [4.78, 5) is 41.4. The van der Waals surface area contributed by atoms with E-state index in [0.717, 1.165) is 6.07 Å². The number of carbonyl (C=O) groups excluding carboxylic acids is 1. The highest BCUT2D eigenvalue weighted by Crippen LogP contribution is 2.40. The number of carboxylic acids is 2. The third kappa shape index (κ3) is 4.99. The Kier molecular flexibility index (Phi) is 6.78. The molecule has 11 heteroatoms. The van der Waals surface area contributed by atoms with E-state index in [2.05, 4.69) is 10.3 Å². The number of esters is 1. The molecule has 4 rings (SSSR count). The zero-order chi connectivity index (χ0) is 25.1. The summed E-state index contributed by atoms with van der Waals surface area (Å²) >= 11 is 5.50. The van der Waals surface area contributed by atoms with Crippen LogP contribution in [0.4, 0.5) is 0 Å². The third-order valence-electron chi connectivity index (χ3n) is 5.43. The summed E-state index contributed by atoms with van der Waals surface area (Å²) in [5, 5.41) is 22.3. The number of hydrogen-bond donors (Lipinski definition) is 3. The average molecular weight is 496 g/mol. The lowest BCUT2D eigenvalue weighted by molar-refractivity contribution is -0.143. The lowest BCUT2D eigenvalue weighted by atomic mass is 10.0. The van der Waals surface area contributed by atoms with E-state index in [1.165, 1.54) is 12.1 Å². The van der Waals surface area contributed by atoms with Gasteiger partial charge in [-0.25, -0.2) is 9.59 Å². The number of carbonyl (C=O) groups is 3. The van der Waals surface area contributed by atoms with Crippen LogP contribution in [0.2, 0.25) is 0 Å². The van der Waals surface area contributed by atoms with Gasteiger partial charge in [0.15, 0.2) is 5.11 Å². The smallest absolute Gasteiger partial charge is 0.335 e. The van der Waals surface area contributed by atoms with Crippen LogP contribution in [0.15, 0.2) is 59.1 Å². The van der Waals surface area contributed by atoms with E-state index in [4.69, 9.17) is 21.4 Å². The highest BCUT2D eigenvalue weighted by atomic mass is 32.1. The van der Waals surface area contributed by atoms with Crippen LogP contribution in [-0.2, 0) is 9.53 Å². The summed E-state index contributed by atoms with van der Waals surface area (Å²) in [6.07, 6.45) is 1.64. The van der Waals surface area contributed by atoms with Crippen molar-refractivity contribution < 1.29 is 33.8 Å². The first kappa shape index (κ1) is 23.9. The van der Waals surface area contributed by atoms with Crippen LogP contribution < -0.4 is 5.32 Å². The number of benzene rings is 1. The molecule has 1 aromatic carbocycles. The van der Waals surface area contributed by atoms with E-state index in [1.807, 2.05) is 12.1 Å². The summed E-state index contributed by atoms with van der Waals surface area (Å²) in [6.45, 7) is 1.81. The van der Waals surface area contributed by atoms with Gasteiger partial charge in [-0.2, -0.15) is 0 Å². The molecule has 3 heterocycles. The van der Waals surface area contributed by atoms with E-state index in [1.54, 1.807) is 36.2 Å². The van der Waals surface area contributed by atoms with Crippen LogP contribution in [-0.4, -0.2) is 56.3 Å². The minimum absolute atomic E-state index is 0.124. The van der Waals surface area contributed by atoms with Gasteiger partial charge in [-0.15, -0.1) is 0 Å². The van der Waals surface area contributed by atoms with Gasteiger partial charge in [0.2, 0.25) is 0 Å². The zero-order valence-corrected chi connectivity index (χ0v) is 19.3. The Morgan fingerprint density at radius 1 is 1.11 bits per heavy atom. The fraction of sp³-hybridized carbons (Fsp3) is 0.208. The molecule has 0 amide bonds. The van der Waals surface area contributed by atoms with Crippen molar-refractivity contribution in [2.75, 3.05) is 13.2 Å². The fourth-order valence-corrected chi connectivity index (χ4v) is 4.22. The number of carboxylic acid groups (broad SMARTS) is 2. The van der Waals surface area contributed by atoms with Crippen molar-refractivity contribution in [1.82, 2.24) is 15.2 Å². The Morgan fingerprint density at radius 2 is 1.83 bits per heavy atom. The number of thiocarbonyl (C=S) groups is 1. The Morgan fingerprint density at radius 3 is 2.43 bits per heavy atom. The molecule has 2 aromatic heterocycles. The van der Waals surface area contributed by atoms with Gasteiger partial charge in [0.1, 0.15) is 24.1 Å². The summed E-state index contributed by atoms with van der Waals surface area (Å²) in [6, 6.07) is 11.5. The third-order valence-corrected chi connectivity index (χ3v) is 5.78. The molecule has 1 fully saturated rings. The standard InChI is InChI=1S/C24H21N3O7S/c1-2-33-19(28)12-27-21(20(26-24(27)35)16-5-3-4-8-25-16)18-7-6-17(34-18)13-9-14(22(29)30)11-15(10-13)23(31)32/h3-11,20-21H,2,12H2,1H3,(H,26,35)(H,29,30)(H,31,32). The number of pyridine rings is 1. The van der Waals surface area contributed by atoms with Crippen LogP contribution >= 0.6 is 12.2 Å². The summed E-state index contributed by atoms with van der Waals surface area (Å²) in [7, 11) is 0. The molecule has 3 N–H and O–H groups in total. The largest absolute Gasteiger partial charge is 0.478 e. The molecule has 2 atom stereocenters. The van der Waals surface area contributed by atoms with Crippen LogP contribution in [0.25, 0.3) is 11.3 Å². The molecule has 1 saturated heterocycles. The van der Waals surface area contributed by atoms with Crippen molar-refractivity contribution in [1.29, 1.82) is 0 Å². The molecule has 35 heavy (non-hydrogen) atoms. The number of ether oxygens (including phenoxy) is 1. The van der Waals surface area contributed by atoms with Gasteiger partial charge in [-0.3, -0.25) is 9.78 Å². The van der Waals surface area contributed by atoms with Gasteiger partial charge < -0.3 is 29.6 Å². The second-order valence-corrected chi connectivity index (χ2v) is 8.06. The van der Waals surface area contributed by atoms with Gasteiger partial charge in [-0.1, -0.05) is 6.07 Å². The van der Waals surface area contributed by atoms with Crippen molar-refractivity contribution in [2.24, 2.45) is 0 Å². The number of rotatable bonds is 8. The maximum Gasteiger partial charge on any atom is 0.335 e. The molecule has 1 aliphatic heterocycles. The normalized spacial score (nSPS) is 17.2. The molecule has 10 nitrogen and oxygen atoms in total. The number of aromatic nitrogens is 1. The maximum atomic E-state index is 12.3. The Balaban J connectivity index is 1.75. The molecule has 180 valence electrons. The Labute approximate surface area is 205 Å². The molecule has 0 radical (unpaired) electrons. The lowest BCUT2D eigenvalue weighted by Crippen LogP contribution is -2.35. The first-order valence-corrected chi connectivity index (χ1v) is 11.0. The Hall–Kier alpha value is -4.25. The molecular formula is C24H21N3O7S. The molecule has 0 spiro atoms. The second kappa shape index (κ2) is 9.94. The lowest BCUT2D eigenvalue weighted by Gasteiger charge is -2.25.